The molecule has 0 radical (unpaired) electrons. The minimum Gasteiger partial charge on any atom is -0.301 e. The molecule has 5 aromatic rings. The van der Waals surface area contributed by atoms with Crippen LogP contribution in [0, 0.1) is 0 Å². The molecule has 39 heavy (non-hydrogen) atoms. The summed E-state index contributed by atoms with van der Waals surface area (Å²) in [7, 11) is 0. The molecular weight excluding hydrogens is 480 g/mol. The van der Waals surface area contributed by atoms with Crippen molar-refractivity contribution in [1.29, 1.82) is 0 Å². The van der Waals surface area contributed by atoms with Crippen LogP contribution in [0.25, 0.3) is 33.4 Å². The molecule has 2 heterocycles. The fourth-order valence-corrected chi connectivity index (χ4v) is 7.02. The molecule has 4 nitrogen and oxygen atoms in total. The van der Waals surface area contributed by atoms with Gasteiger partial charge in [-0.3, -0.25) is 9.59 Å². The molecule has 2 saturated heterocycles. The van der Waals surface area contributed by atoms with Gasteiger partial charge in [0.2, 0.25) is 11.8 Å². The lowest BCUT2D eigenvalue weighted by molar-refractivity contribution is -0.110. The molecule has 0 atom stereocenters. The highest BCUT2D eigenvalue weighted by Gasteiger charge is 2.51. The lowest BCUT2D eigenvalue weighted by atomic mass is 9.70. The summed E-state index contributed by atoms with van der Waals surface area (Å²) in [5, 5.41) is 0. The standard InChI is InChI=1S/C35H22N2O2/c38-33-19-36(33)23-15-22(16-24(18-23)37-20-34(37)39)21-13-14-28-27-9-3-6-12-31(27)35(32(28)17-21)29-10-4-1-7-25(29)26-8-2-5-11-30(26)35/h1-18H,19-20H2. The van der Waals surface area contributed by atoms with Gasteiger partial charge in [-0.15, -0.1) is 0 Å². The molecule has 2 aliphatic heterocycles. The number of hydrogen-bond donors (Lipinski definition) is 0. The van der Waals surface area contributed by atoms with Crippen molar-refractivity contribution < 1.29 is 9.59 Å². The Balaban J connectivity index is 1.32. The summed E-state index contributed by atoms with van der Waals surface area (Å²) >= 11 is 0. The van der Waals surface area contributed by atoms with Gasteiger partial charge < -0.3 is 9.80 Å². The van der Waals surface area contributed by atoms with Crippen molar-refractivity contribution in [3.05, 3.63) is 131 Å². The molecule has 4 aliphatic rings. The molecule has 2 aliphatic carbocycles. The van der Waals surface area contributed by atoms with Crippen LogP contribution < -0.4 is 9.80 Å². The number of nitrogens with zero attached hydrogens (tertiary/aromatic N) is 2. The third-order valence-corrected chi connectivity index (χ3v) is 8.84. The predicted octanol–water partition coefficient (Wildman–Crippen LogP) is 6.39. The highest BCUT2D eigenvalue weighted by Crippen LogP contribution is 2.63. The Bertz CT molecular complexity index is 1830. The minimum absolute atomic E-state index is 0.109. The Kier molecular flexibility index (Phi) is 3.84. The number of anilines is 2. The van der Waals surface area contributed by atoms with E-state index in [0.29, 0.717) is 13.1 Å². The highest BCUT2D eigenvalue weighted by atomic mass is 16.2. The first-order valence-corrected chi connectivity index (χ1v) is 13.3. The smallest absolute Gasteiger partial charge is 0.247 e. The lowest BCUT2D eigenvalue weighted by Gasteiger charge is -2.30. The van der Waals surface area contributed by atoms with E-state index in [-0.39, 0.29) is 11.8 Å². The largest absolute Gasteiger partial charge is 0.301 e. The molecule has 9 rings (SSSR count). The Morgan fingerprint density at radius 3 is 1.36 bits per heavy atom. The van der Waals surface area contributed by atoms with E-state index in [0.717, 1.165) is 22.5 Å². The SMILES string of the molecule is O=C1CN1c1cc(-c2ccc3c(c2)C2(c4ccccc4-c4ccccc42)c2ccccc2-3)cc(N2CC2=O)c1. The lowest BCUT2D eigenvalue weighted by Crippen LogP contribution is -2.25. The zero-order valence-corrected chi connectivity index (χ0v) is 21.0. The van der Waals surface area contributed by atoms with Crippen molar-refractivity contribution in [3.8, 4) is 33.4 Å². The summed E-state index contributed by atoms with van der Waals surface area (Å²) in [6.45, 7) is 0.847. The van der Waals surface area contributed by atoms with Crippen LogP contribution in [0.3, 0.4) is 0 Å². The van der Waals surface area contributed by atoms with E-state index >= 15 is 0 Å². The molecular formula is C35H22N2O2. The summed E-state index contributed by atoms with van der Waals surface area (Å²) in [6.07, 6.45) is 0. The molecule has 0 N–H and O–H groups in total. The van der Waals surface area contributed by atoms with Crippen molar-refractivity contribution in [1.82, 2.24) is 0 Å². The van der Waals surface area contributed by atoms with E-state index in [2.05, 4.69) is 103 Å². The molecule has 0 aromatic heterocycles. The maximum atomic E-state index is 12.0. The summed E-state index contributed by atoms with van der Waals surface area (Å²) in [5.41, 5.74) is 13.7. The molecule has 2 fully saturated rings. The molecule has 1 spiro atoms. The first kappa shape index (κ1) is 21.0. The summed E-state index contributed by atoms with van der Waals surface area (Å²) in [5.74, 6) is 0.218. The van der Waals surface area contributed by atoms with Crippen LogP contribution in [0.2, 0.25) is 0 Å². The Hall–Kier alpha value is -4.96. The van der Waals surface area contributed by atoms with E-state index in [9.17, 15) is 9.59 Å². The third-order valence-electron chi connectivity index (χ3n) is 8.84. The number of carbonyl (C=O) groups is 2. The summed E-state index contributed by atoms with van der Waals surface area (Å²) < 4.78 is 0. The number of hydrogen-bond acceptors (Lipinski definition) is 2. The van der Waals surface area contributed by atoms with Crippen molar-refractivity contribution in [3.63, 3.8) is 0 Å². The minimum atomic E-state index is -0.401. The van der Waals surface area contributed by atoms with Gasteiger partial charge in [-0.1, -0.05) is 84.9 Å². The van der Waals surface area contributed by atoms with Crippen LogP contribution in [0.15, 0.2) is 109 Å². The second-order valence-electron chi connectivity index (χ2n) is 10.8. The first-order valence-electron chi connectivity index (χ1n) is 13.3. The van der Waals surface area contributed by atoms with Crippen LogP contribution >= 0.6 is 0 Å². The van der Waals surface area contributed by atoms with Gasteiger partial charge in [-0.2, -0.15) is 0 Å². The quantitative estimate of drug-likeness (QED) is 0.263. The number of rotatable bonds is 3. The van der Waals surface area contributed by atoms with Crippen molar-refractivity contribution >= 4 is 23.2 Å². The molecule has 0 saturated carbocycles. The van der Waals surface area contributed by atoms with Gasteiger partial charge in [0.1, 0.15) is 13.1 Å². The molecule has 0 bridgehead atoms. The highest BCUT2D eigenvalue weighted by molar-refractivity contribution is 6.15. The van der Waals surface area contributed by atoms with E-state index in [1.54, 1.807) is 9.80 Å². The number of amides is 2. The van der Waals surface area contributed by atoms with Crippen LogP contribution in [-0.4, -0.2) is 24.9 Å². The van der Waals surface area contributed by atoms with Gasteiger partial charge in [0.15, 0.2) is 0 Å². The van der Waals surface area contributed by atoms with Gasteiger partial charge in [0.25, 0.3) is 0 Å². The fraction of sp³-hybridized carbons (Fsp3) is 0.0857. The monoisotopic (exact) mass is 502 g/mol. The van der Waals surface area contributed by atoms with Crippen molar-refractivity contribution in [2.24, 2.45) is 0 Å². The average molecular weight is 503 g/mol. The van der Waals surface area contributed by atoms with Crippen LogP contribution in [0.5, 0.6) is 0 Å². The fourth-order valence-electron chi connectivity index (χ4n) is 7.02. The normalized spacial score (nSPS) is 16.7. The molecule has 184 valence electrons. The van der Waals surface area contributed by atoms with Crippen LogP contribution in [0.1, 0.15) is 22.3 Å². The van der Waals surface area contributed by atoms with Crippen LogP contribution in [-0.2, 0) is 15.0 Å². The maximum absolute atomic E-state index is 12.0. The summed E-state index contributed by atoms with van der Waals surface area (Å²) in [6, 6.07) is 39.3. The van der Waals surface area contributed by atoms with Gasteiger partial charge in [-0.25, -0.2) is 0 Å². The number of carbonyl (C=O) groups excluding carboxylic acids is 2. The summed E-state index contributed by atoms with van der Waals surface area (Å²) in [4.78, 5) is 27.6. The Labute approximate surface area is 225 Å². The Morgan fingerprint density at radius 2 is 0.897 bits per heavy atom. The van der Waals surface area contributed by atoms with E-state index < -0.39 is 5.41 Å². The van der Waals surface area contributed by atoms with E-state index in [1.165, 1.54) is 44.5 Å². The zero-order valence-electron chi connectivity index (χ0n) is 21.0. The second kappa shape index (κ2) is 7.12. The van der Waals surface area contributed by atoms with Crippen LogP contribution in [0.4, 0.5) is 11.4 Å². The first-order chi connectivity index (χ1) is 19.1. The second-order valence-corrected chi connectivity index (χ2v) is 10.8. The molecule has 4 heteroatoms. The van der Waals surface area contributed by atoms with Crippen molar-refractivity contribution in [2.45, 2.75) is 5.41 Å². The number of benzene rings is 5. The van der Waals surface area contributed by atoms with E-state index in [1.807, 2.05) is 6.07 Å². The van der Waals surface area contributed by atoms with Gasteiger partial charge in [0, 0.05) is 11.4 Å². The average Bonchev–Trinajstić information content (AvgIpc) is 3.86. The van der Waals surface area contributed by atoms with Crippen molar-refractivity contribution in [2.75, 3.05) is 22.9 Å². The van der Waals surface area contributed by atoms with Gasteiger partial charge in [0.05, 0.1) is 5.41 Å². The molecule has 5 aromatic carbocycles. The van der Waals surface area contributed by atoms with Gasteiger partial charge >= 0.3 is 0 Å². The zero-order chi connectivity index (χ0) is 25.9. The number of fused-ring (bicyclic) bond motifs is 10. The molecule has 0 unspecified atom stereocenters. The third kappa shape index (κ3) is 2.68. The topological polar surface area (TPSA) is 40.2 Å². The predicted molar refractivity (Wildman–Crippen MR) is 153 cm³/mol. The Morgan fingerprint density at radius 1 is 0.462 bits per heavy atom. The maximum Gasteiger partial charge on any atom is 0.247 e. The van der Waals surface area contributed by atoms with E-state index in [4.69, 9.17) is 0 Å². The van der Waals surface area contributed by atoms with Gasteiger partial charge in [-0.05, 0) is 79.9 Å². The molecule has 2 amide bonds.